The van der Waals surface area contributed by atoms with E-state index in [2.05, 4.69) is 20.8 Å². The van der Waals surface area contributed by atoms with Crippen LogP contribution < -0.4 is 0 Å². The van der Waals surface area contributed by atoms with E-state index in [4.69, 9.17) is 0 Å². The lowest BCUT2D eigenvalue weighted by molar-refractivity contribution is -0.125. The average Bonchev–Trinajstić information content (AvgIpc) is 2.46. The lowest BCUT2D eigenvalue weighted by atomic mass is 9.82. The Balaban J connectivity index is 1.89. The van der Waals surface area contributed by atoms with Crippen molar-refractivity contribution >= 4 is 11.7 Å². The zero-order chi connectivity index (χ0) is 15.5. The fraction of sp³-hybridized carbons (Fsp3) is 0.556. The van der Waals surface area contributed by atoms with Crippen molar-refractivity contribution in [2.45, 2.75) is 40.0 Å². The lowest BCUT2D eigenvalue weighted by Crippen LogP contribution is -2.40. The topological polar surface area (TPSA) is 37.4 Å². The summed E-state index contributed by atoms with van der Waals surface area (Å²) in [6.45, 7) is 7.67. The first-order valence-corrected chi connectivity index (χ1v) is 7.74. The number of rotatable bonds is 3. The van der Waals surface area contributed by atoms with Crippen molar-refractivity contribution in [1.29, 1.82) is 0 Å². The highest BCUT2D eigenvalue weighted by Gasteiger charge is 2.29. The maximum Gasteiger partial charge on any atom is 0.253 e. The molecule has 1 heterocycles. The maximum absolute atomic E-state index is 12.3. The van der Waals surface area contributed by atoms with E-state index in [9.17, 15) is 9.59 Å². The molecule has 0 radical (unpaired) electrons. The molecule has 1 aromatic rings. The Labute approximate surface area is 127 Å². The summed E-state index contributed by atoms with van der Waals surface area (Å²) in [5, 5.41) is 0. The number of carbonyl (C=O) groups excluding carboxylic acids is 2. The van der Waals surface area contributed by atoms with Crippen LogP contribution in [0.2, 0.25) is 0 Å². The number of hydrogen-bond acceptors (Lipinski definition) is 2. The Bertz CT molecular complexity index is 494. The zero-order valence-corrected chi connectivity index (χ0v) is 13.3. The molecule has 0 bridgehead atoms. The van der Waals surface area contributed by atoms with Gasteiger partial charge in [-0.05, 0) is 30.4 Å². The second kappa shape index (κ2) is 6.42. The standard InChI is InChI=1S/C18H25NO2/c1-18(2,3)13-16(20)14-9-11-19(12-10-14)17(21)15-7-5-4-6-8-15/h4-8,14H,9-13H2,1-3H3. The first-order chi connectivity index (χ1) is 9.87. The quantitative estimate of drug-likeness (QED) is 0.852. The molecule has 1 aliphatic heterocycles. The number of carbonyl (C=O) groups is 2. The van der Waals surface area contributed by atoms with E-state index < -0.39 is 0 Å². The zero-order valence-electron chi connectivity index (χ0n) is 13.3. The predicted molar refractivity (Wildman–Crippen MR) is 84.1 cm³/mol. The van der Waals surface area contributed by atoms with Crippen LogP contribution in [0, 0.1) is 11.3 Å². The molecule has 1 aromatic carbocycles. The summed E-state index contributed by atoms with van der Waals surface area (Å²) in [7, 11) is 0. The van der Waals surface area contributed by atoms with Crippen LogP contribution in [0.25, 0.3) is 0 Å². The molecule has 1 saturated heterocycles. The van der Waals surface area contributed by atoms with Crippen LogP contribution in [0.15, 0.2) is 30.3 Å². The van der Waals surface area contributed by atoms with Gasteiger partial charge in [-0.2, -0.15) is 0 Å². The van der Waals surface area contributed by atoms with Gasteiger partial charge in [0.25, 0.3) is 5.91 Å². The molecule has 0 aromatic heterocycles. The largest absolute Gasteiger partial charge is 0.339 e. The lowest BCUT2D eigenvalue weighted by Gasteiger charge is -2.32. The highest BCUT2D eigenvalue weighted by molar-refractivity contribution is 5.94. The molecule has 3 nitrogen and oxygen atoms in total. The Morgan fingerprint density at radius 3 is 2.19 bits per heavy atom. The Kier molecular flexibility index (Phi) is 4.81. The fourth-order valence-electron chi connectivity index (χ4n) is 2.83. The van der Waals surface area contributed by atoms with E-state index in [-0.39, 0.29) is 17.2 Å². The van der Waals surface area contributed by atoms with Gasteiger partial charge in [0, 0.05) is 31.0 Å². The maximum atomic E-state index is 12.3. The molecule has 1 amide bonds. The number of amides is 1. The number of benzene rings is 1. The molecule has 0 spiro atoms. The summed E-state index contributed by atoms with van der Waals surface area (Å²) in [6.07, 6.45) is 2.23. The molecule has 3 heteroatoms. The van der Waals surface area contributed by atoms with Gasteiger partial charge in [0.1, 0.15) is 5.78 Å². The van der Waals surface area contributed by atoms with Crippen molar-refractivity contribution in [2.75, 3.05) is 13.1 Å². The second-order valence-electron chi connectivity index (χ2n) is 7.14. The molecule has 0 aliphatic carbocycles. The highest BCUT2D eigenvalue weighted by atomic mass is 16.2. The van der Waals surface area contributed by atoms with E-state index in [0.29, 0.717) is 25.3 Å². The minimum absolute atomic E-state index is 0.0497. The normalized spacial score (nSPS) is 16.8. The molecule has 0 atom stereocenters. The van der Waals surface area contributed by atoms with Gasteiger partial charge < -0.3 is 4.90 Å². The summed E-state index contributed by atoms with van der Waals surface area (Å²) >= 11 is 0. The Morgan fingerprint density at radius 1 is 1.10 bits per heavy atom. The third-order valence-corrected chi connectivity index (χ3v) is 3.96. The van der Waals surface area contributed by atoms with Crippen LogP contribution in [-0.2, 0) is 4.79 Å². The molecule has 0 unspecified atom stereocenters. The van der Waals surface area contributed by atoms with E-state index in [1.54, 1.807) is 0 Å². The van der Waals surface area contributed by atoms with Gasteiger partial charge in [-0.25, -0.2) is 0 Å². The number of nitrogens with zero attached hydrogens (tertiary/aromatic N) is 1. The number of hydrogen-bond donors (Lipinski definition) is 0. The third kappa shape index (κ3) is 4.42. The summed E-state index contributed by atoms with van der Waals surface area (Å²) in [6, 6.07) is 9.37. The third-order valence-electron chi connectivity index (χ3n) is 3.96. The van der Waals surface area contributed by atoms with Crippen LogP contribution in [0.1, 0.15) is 50.4 Å². The van der Waals surface area contributed by atoms with Gasteiger partial charge in [0.05, 0.1) is 0 Å². The van der Waals surface area contributed by atoms with Gasteiger partial charge in [-0.1, -0.05) is 39.0 Å². The summed E-state index contributed by atoms with van der Waals surface area (Å²) in [5.41, 5.74) is 0.783. The first-order valence-electron chi connectivity index (χ1n) is 7.74. The minimum Gasteiger partial charge on any atom is -0.339 e. The van der Waals surface area contributed by atoms with E-state index >= 15 is 0 Å². The van der Waals surface area contributed by atoms with Gasteiger partial charge in [0.2, 0.25) is 0 Å². The van der Waals surface area contributed by atoms with Crippen molar-refractivity contribution in [1.82, 2.24) is 4.90 Å². The molecular formula is C18H25NO2. The van der Waals surface area contributed by atoms with E-state index in [1.165, 1.54) is 0 Å². The van der Waals surface area contributed by atoms with Gasteiger partial charge >= 0.3 is 0 Å². The molecule has 2 rings (SSSR count). The van der Waals surface area contributed by atoms with Gasteiger partial charge in [0.15, 0.2) is 0 Å². The SMILES string of the molecule is CC(C)(C)CC(=O)C1CCN(C(=O)c2ccccc2)CC1. The van der Waals surface area contributed by atoms with Gasteiger partial charge in [-0.15, -0.1) is 0 Å². The smallest absolute Gasteiger partial charge is 0.253 e. The molecule has 0 N–H and O–H groups in total. The van der Waals surface area contributed by atoms with Gasteiger partial charge in [-0.3, -0.25) is 9.59 Å². The average molecular weight is 287 g/mol. The molecule has 1 aliphatic rings. The van der Waals surface area contributed by atoms with Crippen molar-refractivity contribution in [2.24, 2.45) is 11.3 Å². The summed E-state index contributed by atoms with van der Waals surface area (Å²) in [5.74, 6) is 0.565. The minimum atomic E-state index is 0.0497. The molecule has 1 fully saturated rings. The summed E-state index contributed by atoms with van der Waals surface area (Å²) < 4.78 is 0. The van der Waals surface area contributed by atoms with Crippen LogP contribution >= 0.6 is 0 Å². The number of likely N-dealkylation sites (tertiary alicyclic amines) is 1. The van der Waals surface area contributed by atoms with Crippen LogP contribution in [-0.4, -0.2) is 29.7 Å². The van der Waals surface area contributed by atoms with E-state index in [1.807, 2.05) is 35.2 Å². The van der Waals surface area contributed by atoms with E-state index in [0.717, 1.165) is 18.4 Å². The number of piperidine rings is 1. The molecule has 0 saturated carbocycles. The number of ketones is 1. The molecular weight excluding hydrogens is 262 g/mol. The van der Waals surface area contributed by atoms with Crippen molar-refractivity contribution < 1.29 is 9.59 Å². The Morgan fingerprint density at radius 2 is 1.67 bits per heavy atom. The van der Waals surface area contributed by atoms with Crippen molar-refractivity contribution in [3.63, 3.8) is 0 Å². The molecule has 21 heavy (non-hydrogen) atoms. The first kappa shape index (κ1) is 15.7. The predicted octanol–water partition coefficient (Wildman–Crippen LogP) is 3.54. The van der Waals surface area contributed by atoms with Crippen LogP contribution in [0.5, 0.6) is 0 Å². The van der Waals surface area contributed by atoms with Crippen LogP contribution in [0.3, 0.4) is 0 Å². The van der Waals surface area contributed by atoms with Crippen molar-refractivity contribution in [3.8, 4) is 0 Å². The van der Waals surface area contributed by atoms with Crippen LogP contribution in [0.4, 0.5) is 0 Å². The second-order valence-corrected chi connectivity index (χ2v) is 7.14. The highest BCUT2D eigenvalue weighted by Crippen LogP contribution is 2.26. The van der Waals surface area contributed by atoms with Crippen molar-refractivity contribution in [3.05, 3.63) is 35.9 Å². The Hall–Kier alpha value is -1.64. The number of Topliss-reactive ketones (excluding diaryl/α,β-unsaturated/α-hetero) is 1. The monoisotopic (exact) mass is 287 g/mol. The molecule has 114 valence electrons. The summed E-state index contributed by atoms with van der Waals surface area (Å²) in [4.78, 5) is 26.5. The fourth-order valence-corrected chi connectivity index (χ4v) is 2.83.